The molecular weight excluding hydrogens is 1100 g/mol. The molecule has 0 heterocycles. The van der Waals surface area contributed by atoms with Gasteiger partial charge in [0.25, 0.3) is 0 Å². The van der Waals surface area contributed by atoms with Gasteiger partial charge in [0, 0.05) is 65.5 Å². The van der Waals surface area contributed by atoms with Crippen molar-refractivity contribution in [2.24, 2.45) is 0 Å². The van der Waals surface area contributed by atoms with Crippen LogP contribution in [-0.2, 0) is 85.8 Å². The number of nitrogens with one attached hydrogen (secondary N) is 1. The fourth-order valence-corrected chi connectivity index (χ4v) is 8.51. The van der Waals surface area contributed by atoms with Crippen molar-refractivity contribution in [2.45, 2.75) is 23.5 Å². The lowest BCUT2D eigenvalue weighted by molar-refractivity contribution is -0.0434. The SMILES string of the molecule is COCCOCCOCCOCC(COCCOCCOCCOC)Oc1cc(C(=O)O)cc(OC(COCCOCCOCCOC)COCCOCCOCCOC)c1OCCCNS(=O)(=O)c1cccc2c(N(C)C)cccc12. The number of rotatable bonds is 57. The molecule has 0 unspecified atom stereocenters. The van der Waals surface area contributed by atoms with E-state index >= 15 is 0 Å². The second-order valence-corrected chi connectivity index (χ2v) is 19.6. The molecule has 0 saturated heterocycles. The third-order valence-corrected chi connectivity index (χ3v) is 12.8. The highest BCUT2D eigenvalue weighted by Gasteiger charge is 2.25. The topological polar surface area (TPSA) is 262 Å². The normalized spacial score (nSPS) is 11.9. The third kappa shape index (κ3) is 32.2. The molecule has 0 radical (unpaired) electrons. The largest absolute Gasteiger partial charge is 0.486 e. The minimum Gasteiger partial charge on any atom is -0.486 e. The van der Waals surface area contributed by atoms with Gasteiger partial charge >= 0.3 is 5.97 Å². The minimum atomic E-state index is -4.00. The van der Waals surface area contributed by atoms with Crippen molar-refractivity contribution in [1.82, 2.24) is 4.72 Å². The Bertz CT molecular complexity index is 2060. The van der Waals surface area contributed by atoms with E-state index in [1.165, 1.54) is 12.1 Å². The number of carbonyl (C=O) groups is 1. The second-order valence-electron chi connectivity index (χ2n) is 17.9. The molecule has 26 heteroatoms. The first kappa shape index (κ1) is 72.1. The smallest absolute Gasteiger partial charge is 0.335 e. The molecule has 0 spiro atoms. The second kappa shape index (κ2) is 47.1. The van der Waals surface area contributed by atoms with Gasteiger partial charge in [-0.2, -0.15) is 0 Å². The number of ether oxygens (including phenoxy) is 19. The summed E-state index contributed by atoms with van der Waals surface area (Å²) in [5, 5.41) is 11.9. The van der Waals surface area contributed by atoms with E-state index in [0.717, 1.165) is 11.1 Å². The van der Waals surface area contributed by atoms with Gasteiger partial charge < -0.3 is 100 Å². The zero-order chi connectivity index (χ0) is 59.1. The summed E-state index contributed by atoms with van der Waals surface area (Å²) in [6.07, 6.45) is -1.51. The minimum absolute atomic E-state index is 0.0168. The van der Waals surface area contributed by atoms with Gasteiger partial charge in [0.1, 0.15) is 12.2 Å². The van der Waals surface area contributed by atoms with Gasteiger partial charge in [-0.3, -0.25) is 0 Å². The molecule has 3 aromatic carbocycles. The molecule has 0 aromatic heterocycles. The van der Waals surface area contributed by atoms with Gasteiger partial charge in [-0.1, -0.05) is 24.3 Å². The van der Waals surface area contributed by atoms with Crippen molar-refractivity contribution >= 4 is 32.5 Å². The number of nitrogens with zero attached hydrogens (tertiary/aromatic N) is 1. The molecule has 3 rings (SSSR count). The summed E-state index contributed by atoms with van der Waals surface area (Å²) in [7, 11) is 6.19. The van der Waals surface area contributed by atoms with E-state index in [-0.39, 0.29) is 127 Å². The average Bonchev–Trinajstić information content (AvgIpc) is 3.58. The molecule has 25 nitrogen and oxygen atoms in total. The van der Waals surface area contributed by atoms with E-state index in [9.17, 15) is 18.3 Å². The summed E-state index contributed by atoms with van der Waals surface area (Å²) in [5.74, 6) is -1.29. The maximum absolute atomic E-state index is 13.9. The first-order chi connectivity index (χ1) is 40.1. The molecule has 2 N–H and O–H groups in total. The summed E-state index contributed by atoms with van der Waals surface area (Å²) in [6.45, 7) is 8.13. The first-order valence-corrected chi connectivity index (χ1v) is 29.0. The number of hydrogen-bond donors (Lipinski definition) is 2. The van der Waals surface area contributed by atoms with E-state index in [2.05, 4.69) is 4.72 Å². The van der Waals surface area contributed by atoms with E-state index in [0.29, 0.717) is 111 Å². The van der Waals surface area contributed by atoms with Crippen LogP contribution >= 0.6 is 0 Å². The Morgan fingerprint density at radius 2 is 0.817 bits per heavy atom. The molecule has 470 valence electrons. The molecule has 0 atom stereocenters. The van der Waals surface area contributed by atoms with Crippen LogP contribution in [0.1, 0.15) is 16.8 Å². The van der Waals surface area contributed by atoms with Crippen molar-refractivity contribution in [3.05, 3.63) is 54.1 Å². The fraction of sp³-hybridized carbons (Fsp3) is 0.696. The van der Waals surface area contributed by atoms with Gasteiger partial charge in [0.05, 0.1) is 202 Å². The van der Waals surface area contributed by atoms with Crippen molar-refractivity contribution < 1.29 is 108 Å². The van der Waals surface area contributed by atoms with Crippen LogP contribution in [0.15, 0.2) is 53.4 Å². The predicted octanol–water partition coefficient (Wildman–Crippen LogP) is 3.63. The quantitative estimate of drug-likeness (QED) is 0.0765. The summed E-state index contributed by atoms with van der Waals surface area (Å²) in [6, 6.07) is 13.3. The monoisotopic (exact) mass is 1190 g/mol. The third-order valence-electron chi connectivity index (χ3n) is 11.3. The van der Waals surface area contributed by atoms with Gasteiger partial charge in [0.2, 0.25) is 15.8 Å². The van der Waals surface area contributed by atoms with Crippen molar-refractivity contribution in [3.63, 3.8) is 0 Å². The number of methoxy groups -OCH3 is 4. The van der Waals surface area contributed by atoms with Crippen LogP contribution in [0.4, 0.5) is 5.69 Å². The van der Waals surface area contributed by atoms with Crippen molar-refractivity contribution in [3.8, 4) is 17.2 Å². The molecule has 0 bridgehead atoms. The molecule has 3 aromatic rings. The van der Waals surface area contributed by atoms with Crippen LogP contribution in [0.2, 0.25) is 0 Å². The van der Waals surface area contributed by atoms with Gasteiger partial charge in [-0.25, -0.2) is 17.9 Å². The highest BCUT2D eigenvalue weighted by atomic mass is 32.2. The molecule has 0 amide bonds. The Labute approximate surface area is 484 Å². The number of fused-ring (bicyclic) bond motifs is 1. The summed E-state index contributed by atoms with van der Waals surface area (Å²) in [4.78, 5) is 14.9. The summed E-state index contributed by atoms with van der Waals surface area (Å²) in [5.41, 5.74) is 0.681. The van der Waals surface area contributed by atoms with Crippen LogP contribution in [0.3, 0.4) is 0 Å². The van der Waals surface area contributed by atoms with Crippen molar-refractivity contribution in [2.75, 3.05) is 246 Å². The van der Waals surface area contributed by atoms with E-state index in [1.54, 1.807) is 46.6 Å². The molecule has 0 aliphatic rings. The summed E-state index contributed by atoms with van der Waals surface area (Å²) >= 11 is 0. The molecular formula is C56H92N2O23S. The number of hydrogen-bond acceptors (Lipinski definition) is 23. The maximum atomic E-state index is 13.9. The number of benzene rings is 3. The molecule has 0 aliphatic heterocycles. The van der Waals surface area contributed by atoms with Crippen LogP contribution in [0.5, 0.6) is 17.2 Å². The number of carboxylic acid groups (broad SMARTS) is 1. The summed E-state index contributed by atoms with van der Waals surface area (Å²) < 4.78 is 139. The van der Waals surface area contributed by atoms with Crippen LogP contribution in [0, 0.1) is 0 Å². The van der Waals surface area contributed by atoms with Crippen LogP contribution < -0.4 is 23.8 Å². The average molecular weight is 1190 g/mol. The lowest BCUT2D eigenvalue weighted by atomic mass is 10.1. The Hall–Kier alpha value is -4.14. The lowest BCUT2D eigenvalue weighted by Gasteiger charge is -2.25. The van der Waals surface area contributed by atoms with Gasteiger partial charge in [-0.15, -0.1) is 0 Å². The predicted molar refractivity (Wildman–Crippen MR) is 303 cm³/mol. The highest BCUT2D eigenvalue weighted by molar-refractivity contribution is 7.89. The first-order valence-electron chi connectivity index (χ1n) is 27.5. The number of carboxylic acids is 1. The fourth-order valence-electron chi connectivity index (χ4n) is 7.22. The molecule has 82 heavy (non-hydrogen) atoms. The number of aromatic carboxylic acids is 1. The van der Waals surface area contributed by atoms with E-state index < -0.39 is 28.2 Å². The highest BCUT2D eigenvalue weighted by Crippen LogP contribution is 2.41. The Balaban J connectivity index is 1.91. The maximum Gasteiger partial charge on any atom is 0.335 e. The molecule has 0 aliphatic carbocycles. The van der Waals surface area contributed by atoms with Gasteiger partial charge in [0.15, 0.2) is 11.5 Å². The Morgan fingerprint density at radius 1 is 0.476 bits per heavy atom. The standard InChI is InChI=1S/C56H92N2O23S/c1-58(2)51-12-7-11-50-49(51)10-8-13-54(50)82(61,62)57-14-9-15-79-55-52(80-47(42-75-36-32-71-28-24-67-20-16-63-3)43-76-37-33-72-29-25-68-21-17-64-4)40-46(56(59)60)41-53(55)81-48(44-77-38-34-73-30-26-69-22-18-65-5)45-78-39-35-74-31-27-70-23-19-66-6/h7-8,10-13,40-41,47-48,57H,9,14-39,42-45H2,1-6H3,(H,59,60). The number of sulfonamides is 1. The van der Waals surface area contributed by atoms with Crippen molar-refractivity contribution in [1.29, 1.82) is 0 Å². The van der Waals surface area contributed by atoms with Crippen LogP contribution in [0.25, 0.3) is 10.8 Å². The molecule has 0 fully saturated rings. The van der Waals surface area contributed by atoms with Gasteiger partial charge in [-0.05, 0) is 30.7 Å². The zero-order valence-electron chi connectivity index (χ0n) is 49.0. The Morgan fingerprint density at radius 3 is 1.17 bits per heavy atom. The van der Waals surface area contributed by atoms with E-state index in [1.807, 2.05) is 37.2 Å². The lowest BCUT2D eigenvalue weighted by Crippen LogP contribution is -2.31. The zero-order valence-corrected chi connectivity index (χ0v) is 49.8. The van der Waals surface area contributed by atoms with E-state index in [4.69, 9.17) is 90.0 Å². The molecule has 0 saturated carbocycles. The Kier molecular flexibility index (Phi) is 41.5. The number of anilines is 1. The van der Waals surface area contributed by atoms with Crippen LogP contribution in [-0.4, -0.2) is 272 Å².